The lowest BCUT2D eigenvalue weighted by Gasteiger charge is -2.33. The average Bonchev–Trinajstić information content (AvgIpc) is 2.40. The molecule has 1 N–H and O–H groups in total. The standard InChI is InChI=1S/C15H25N3/c1-3-8-16-14(15-17-9-5-10-18-15)13-7-4-6-12(2)11-13/h5,9-10,12-14,16H,3-4,6-8,11H2,1-2H3. The van der Waals surface area contributed by atoms with E-state index in [1.54, 1.807) is 0 Å². The van der Waals surface area contributed by atoms with E-state index in [-0.39, 0.29) is 0 Å². The zero-order valence-corrected chi connectivity index (χ0v) is 11.6. The maximum atomic E-state index is 4.46. The van der Waals surface area contributed by atoms with Crippen LogP contribution in [0.4, 0.5) is 0 Å². The van der Waals surface area contributed by atoms with Gasteiger partial charge in [-0.25, -0.2) is 9.97 Å². The zero-order valence-electron chi connectivity index (χ0n) is 11.6. The second-order valence-corrected chi connectivity index (χ2v) is 5.57. The second kappa shape index (κ2) is 6.83. The number of hydrogen-bond donors (Lipinski definition) is 1. The first-order valence-electron chi connectivity index (χ1n) is 7.31. The van der Waals surface area contributed by atoms with Gasteiger partial charge in [-0.15, -0.1) is 0 Å². The van der Waals surface area contributed by atoms with Crippen molar-refractivity contribution in [3.63, 3.8) is 0 Å². The van der Waals surface area contributed by atoms with Gasteiger partial charge < -0.3 is 5.32 Å². The van der Waals surface area contributed by atoms with Crippen molar-refractivity contribution in [2.45, 2.75) is 52.0 Å². The molecule has 1 aliphatic rings. The molecular weight excluding hydrogens is 222 g/mol. The van der Waals surface area contributed by atoms with Crippen LogP contribution in [0.3, 0.4) is 0 Å². The summed E-state index contributed by atoms with van der Waals surface area (Å²) in [6.07, 6.45) is 10.2. The van der Waals surface area contributed by atoms with E-state index in [1.165, 1.54) is 25.7 Å². The Hall–Kier alpha value is -0.960. The van der Waals surface area contributed by atoms with Gasteiger partial charge in [-0.3, -0.25) is 0 Å². The summed E-state index contributed by atoms with van der Waals surface area (Å²) in [5.41, 5.74) is 0. The summed E-state index contributed by atoms with van der Waals surface area (Å²) < 4.78 is 0. The summed E-state index contributed by atoms with van der Waals surface area (Å²) in [5.74, 6) is 2.52. The van der Waals surface area contributed by atoms with Gasteiger partial charge in [0.1, 0.15) is 5.82 Å². The van der Waals surface area contributed by atoms with Gasteiger partial charge in [0, 0.05) is 12.4 Å². The molecular formula is C15H25N3. The predicted molar refractivity (Wildman–Crippen MR) is 74.2 cm³/mol. The van der Waals surface area contributed by atoms with Crippen LogP contribution in [0.2, 0.25) is 0 Å². The van der Waals surface area contributed by atoms with Gasteiger partial charge in [0.25, 0.3) is 0 Å². The Bertz CT molecular complexity index is 339. The number of nitrogens with one attached hydrogen (secondary N) is 1. The fraction of sp³-hybridized carbons (Fsp3) is 0.733. The maximum absolute atomic E-state index is 4.46. The number of rotatable bonds is 5. The summed E-state index contributed by atoms with van der Waals surface area (Å²) in [6, 6.07) is 2.23. The third kappa shape index (κ3) is 3.52. The number of nitrogens with zero attached hydrogens (tertiary/aromatic N) is 2. The van der Waals surface area contributed by atoms with Crippen LogP contribution < -0.4 is 5.32 Å². The van der Waals surface area contributed by atoms with Crippen LogP contribution in [0.5, 0.6) is 0 Å². The summed E-state index contributed by atoms with van der Waals surface area (Å²) in [5, 5.41) is 3.65. The van der Waals surface area contributed by atoms with Crippen molar-refractivity contribution in [1.82, 2.24) is 15.3 Å². The van der Waals surface area contributed by atoms with Crippen molar-refractivity contribution in [2.75, 3.05) is 6.54 Å². The average molecular weight is 247 g/mol. The van der Waals surface area contributed by atoms with Crippen molar-refractivity contribution >= 4 is 0 Å². The molecule has 1 saturated carbocycles. The van der Waals surface area contributed by atoms with Gasteiger partial charge in [0.05, 0.1) is 6.04 Å². The highest BCUT2D eigenvalue weighted by Crippen LogP contribution is 2.35. The Morgan fingerprint density at radius 3 is 2.78 bits per heavy atom. The van der Waals surface area contributed by atoms with Crippen molar-refractivity contribution in [3.8, 4) is 0 Å². The van der Waals surface area contributed by atoms with Crippen LogP contribution in [0, 0.1) is 11.8 Å². The SMILES string of the molecule is CCCNC(c1ncccn1)C1CCCC(C)C1. The summed E-state index contributed by atoms with van der Waals surface area (Å²) >= 11 is 0. The van der Waals surface area contributed by atoms with Gasteiger partial charge in [-0.05, 0) is 43.7 Å². The first kappa shape index (κ1) is 13.5. The highest BCUT2D eigenvalue weighted by atomic mass is 15.0. The molecule has 3 unspecified atom stereocenters. The third-order valence-electron chi connectivity index (χ3n) is 3.93. The third-order valence-corrected chi connectivity index (χ3v) is 3.93. The van der Waals surface area contributed by atoms with Crippen LogP contribution in [-0.4, -0.2) is 16.5 Å². The largest absolute Gasteiger partial charge is 0.307 e. The molecule has 0 saturated heterocycles. The molecule has 1 fully saturated rings. The molecule has 1 aliphatic carbocycles. The highest BCUT2D eigenvalue weighted by molar-refractivity contribution is 4.99. The van der Waals surface area contributed by atoms with Crippen LogP contribution in [0.1, 0.15) is 57.8 Å². The van der Waals surface area contributed by atoms with Crippen molar-refractivity contribution in [1.29, 1.82) is 0 Å². The molecule has 3 heteroatoms. The molecule has 2 rings (SSSR count). The quantitative estimate of drug-likeness (QED) is 0.867. The van der Waals surface area contributed by atoms with Gasteiger partial charge in [0.2, 0.25) is 0 Å². The Balaban J connectivity index is 2.09. The van der Waals surface area contributed by atoms with E-state index < -0.39 is 0 Å². The van der Waals surface area contributed by atoms with Crippen molar-refractivity contribution in [3.05, 3.63) is 24.3 Å². The second-order valence-electron chi connectivity index (χ2n) is 5.57. The molecule has 100 valence electrons. The first-order valence-corrected chi connectivity index (χ1v) is 7.31. The van der Waals surface area contributed by atoms with Gasteiger partial charge in [-0.1, -0.05) is 26.7 Å². The minimum atomic E-state index is 0.342. The minimum absolute atomic E-state index is 0.342. The molecule has 3 nitrogen and oxygen atoms in total. The normalized spacial score (nSPS) is 25.9. The van der Waals surface area contributed by atoms with Crippen molar-refractivity contribution in [2.24, 2.45) is 11.8 Å². The fourth-order valence-corrected chi connectivity index (χ4v) is 3.02. The number of hydrogen-bond acceptors (Lipinski definition) is 3. The van der Waals surface area contributed by atoms with E-state index in [4.69, 9.17) is 0 Å². The Labute approximate surface area is 110 Å². The highest BCUT2D eigenvalue weighted by Gasteiger charge is 2.28. The molecule has 0 bridgehead atoms. The lowest BCUT2D eigenvalue weighted by molar-refractivity contribution is 0.218. The molecule has 0 spiro atoms. The molecule has 1 heterocycles. The summed E-state index contributed by atoms with van der Waals surface area (Å²) in [6.45, 7) is 5.63. The van der Waals surface area contributed by atoms with E-state index in [9.17, 15) is 0 Å². The minimum Gasteiger partial charge on any atom is -0.307 e. The Kier molecular flexibility index (Phi) is 5.12. The molecule has 3 atom stereocenters. The Morgan fingerprint density at radius 2 is 2.11 bits per heavy atom. The van der Waals surface area contributed by atoms with Crippen molar-refractivity contribution < 1.29 is 0 Å². The lowest BCUT2D eigenvalue weighted by atomic mass is 9.78. The topological polar surface area (TPSA) is 37.8 Å². The van der Waals surface area contributed by atoms with Gasteiger partial charge in [-0.2, -0.15) is 0 Å². The molecule has 1 aromatic rings. The van der Waals surface area contributed by atoms with Gasteiger partial charge >= 0.3 is 0 Å². The van der Waals surface area contributed by atoms with E-state index in [0.29, 0.717) is 12.0 Å². The smallest absolute Gasteiger partial charge is 0.145 e. The van der Waals surface area contributed by atoms with Crippen LogP contribution in [0.25, 0.3) is 0 Å². The molecule has 0 aliphatic heterocycles. The van der Waals surface area contributed by atoms with E-state index in [2.05, 4.69) is 29.1 Å². The summed E-state index contributed by atoms with van der Waals surface area (Å²) in [7, 11) is 0. The molecule has 0 aromatic carbocycles. The molecule has 18 heavy (non-hydrogen) atoms. The van der Waals surface area contributed by atoms with E-state index in [0.717, 1.165) is 24.7 Å². The zero-order chi connectivity index (χ0) is 12.8. The monoisotopic (exact) mass is 247 g/mol. The summed E-state index contributed by atoms with van der Waals surface area (Å²) in [4.78, 5) is 8.92. The molecule has 0 amide bonds. The van der Waals surface area contributed by atoms with Crippen LogP contribution in [0.15, 0.2) is 18.5 Å². The van der Waals surface area contributed by atoms with E-state index >= 15 is 0 Å². The lowest BCUT2D eigenvalue weighted by Crippen LogP contribution is -2.33. The first-order chi connectivity index (χ1) is 8.81. The number of aromatic nitrogens is 2. The van der Waals surface area contributed by atoms with Crippen LogP contribution in [-0.2, 0) is 0 Å². The predicted octanol–water partition coefficient (Wildman–Crippen LogP) is 3.34. The maximum Gasteiger partial charge on any atom is 0.145 e. The van der Waals surface area contributed by atoms with Gasteiger partial charge in [0.15, 0.2) is 0 Å². The van der Waals surface area contributed by atoms with E-state index in [1.807, 2.05) is 18.5 Å². The molecule has 0 radical (unpaired) electrons. The fourth-order valence-electron chi connectivity index (χ4n) is 3.02. The molecule has 1 aromatic heterocycles. The Morgan fingerprint density at radius 1 is 1.33 bits per heavy atom. The van der Waals surface area contributed by atoms with Crippen LogP contribution >= 0.6 is 0 Å².